The van der Waals surface area contributed by atoms with Crippen molar-refractivity contribution in [1.82, 2.24) is 15.6 Å². The zero-order valence-electron chi connectivity index (χ0n) is 15.3. The van der Waals surface area contributed by atoms with Gasteiger partial charge in [-0.2, -0.15) is 0 Å². The number of hydrogen-bond acceptors (Lipinski definition) is 4. The third-order valence-electron chi connectivity index (χ3n) is 3.59. The van der Waals surface area contributed by atoms with Crippen LogP contribution < -0.4 is 15.4 Å². The van der Waals surface area contributed by atoms with E-state index in [-0.39, 0.29) is 0 Å². The van der Waals surface area contributed by atoms with Crippen molar-refractivity contribution in [3.8, 4) is 5.75 Å². The number of aromatic nitrogens is 1. The minimum Gasteiger partial charge on any atom is -0.494 e. The molecule has 0 aliphatic heterocycles. The van der Waals surface area contributed by atoms with Gasteiger partial charge in [0, 0.05) is 37.9 Å². The molecule has 0 amide bonds. The van der Waals surface area contributed by atoms with E-state index in [1.807, 2.05) is 30.3 Å². The predicted octanol–water partition coefficient (Wildman–Crippen LogP) is 3.44. The lowest BCUT2D eigenvalue weighted by Crippen LogP contribution is -2.39. The first kappa shape index (κ1) is 19.2. The molecule has 0 unspecified atom stereocenters. The number of hydrogen-bond donors (Lipinski definition) is 2. The first-order valence-corrected chi connectivity index (χ1v) is 9.63. The summed E-state index contributed by atoms with van der Waals surface area (Å²) in [5, 5.41) is 9.99. The Labute approximate surface area is 154 Å². The Hall–Kier alpha value is -2.08. The van der Waals surface area contributed by atoms with Gasteiger partial charge in [0.2, 0.25) is 0 Å². The van der Waals surface area contributed by atoms with Gasteiger partial charge < -0.3 is 15.4 Å². The van der Waals surface area contributed by atoms with Gasteiger partial charge in [0.1, 0.15) is 5.75 Å². The fourth-order valence-corrected chi connectivity index (χ4v) is 3.09. The van der Waals surface area contributed by atoms with E-state index in [1.165, 1.54) is 5.01 Å². The summed E-state index contributed by atoms with van der Waals surface area (Å²) >= 11 is 1.74. The van der Waals surface area contributed by atoms with Crippen molar-refractivity contribution in [1.29, 1.82) is 0 Å². The van der Waals surface area contributed by atoms with Crippen molar-refractivity contribution in [3.63, 3.8) is 0 Å². The normalized spacial score (nSPS) is 11.6. The van der Waals surface area contributed by atoms with E-state index in [1.54, 1.807) is 18.4 Å². The average molecular weight is 361 g/mol. The Morgan fingerprint density at radius 2 is 1.96 bits per heavy atom. The van der Waals surface area contributed by atoms with Gasteiger partial charge in [-0.25, -0.2) is 4.98 Å². The number of para-hydroxylation sites is 1. The highest BCUT2D eigenvalue weighted by molar-refractivity contribution is 7.09. The topological polar surface area (TPSA) is 58.5 Å². The molecule has 0 atom stereocenters. The van der Waals surface area contributed by atoms with E-state index in [4.69, 9.17) is 4.74 Å². The monoisotopic (exact) mass is 360 g/mol. The van der Waals surface area contributed by atoms with Crippen molar-refractivity contribution in [3.05, 3.63) is 46.4 Å². The number of nitrogens with one attached hydrogen (secondary N) is 2. The van der Waals surface area contributed by atoms with Gasteiger partial charge in [-0.3, -0.25) is 4.99 Å². The van der Waals surface area contributed by atoms with E-state index in [0.29, 0.717) is 12.5 Å². The van der Waals surface area contributed by atoms with Crippen LogP contribution in [0.15, 0.2) is 40.7 Å². The number of rotatable bonds is 9. The van der Waals surface area contributed by atoms with Crippen LogP contribution in [0, 0.1) is 0 Å². The van der Waals surface area contributed by atoms with Gasteiger partial charge in [-0.1, -0.05) is 32.0 Å². The summed E-state index contributed by atoms with van der Waals surface area (Å²) in [6, 6.07) is 9.88. The number of aliphatic imine (C=N–C) groups is 1. The quantitative estimate of drug-likeness (QED) is 0.409. The predicted molar refractivity (Wildman–Crippen MR) is 106 cm³/mol. The molecule has 0 spiro atoms. The minimum atomic E-state index is 0.499. The molecule has 5 nitrogen and oxygen atoms in total. The van der Waals surface area contributed by atoms with Gasteiger partial charge in [0.05, 0.1) is 17.3 Å². The maximum Gasteiger partial charge on any atom is 0.190 e. The lowest BCUT2D eigenvalue weighted by molar-refractivity contribution is 0.311. The summed E-state index contributed by atoms with van der Waals surface area (Å²) in [7, 11) is 1.79. The van der Waals surface area contributed by atoms with Gasteiger partial charge in [0.15, 0.2) is 5.96 Å². The van der Waals surface area contributed by atoms with Gasteiger partial charge in [-0.15, -0.1) is 11.3 Å². The van der Waals surface area contributed by atoms with E-state index < -0.39 is 0 Å². The Morgan fingerprint density at radius 1 is 1.20 bits per heavy atom. The smallest absolute Gasteiger partial charge is 0.190 e. The Balaban J connectivity index is 1.58. The largest absolute Gasteiger partial charge is 0.494 e. The van der Waals surface area contributed by atoms with Crippen molar-refractivity contribution in [2.24, 2.45) is 4.99 Å². The second-order valence-corrected chi connectivity index (χ2v) is 6.91. The average Bonchev–Trinajstić information content (AvgIpc) is 3.10. The number of nitrogens with zero attached hydrogens (tertiary/aromatic N) is 2. The first-order valence-electron chi connectivity index (χ1n) is 8.75. The summed E-state index contributed by atoms with van der Waals surface area (Å²) in [4.78, 5) is 8.89. The number of ether oxygens (including phenoxy) is 1. The summed E-state index contributed by atoms with van der Waals surface area (Å²) in [6.45, 7) is 6.68. The highest BCUT2D eigenvalue weighted by Gasteiger charge is 2.05. The zero-order chi connectivity index (χ0) is 17.9. The molecule has 0 aliphatic carbocycles. The van der Waals surface area contributed by atoms with E-state index in [9.17, 15) is 0 Å². The van der Waals surface area contributed by atoms with Crippen molar-refractivity contribution in [2.45, 2.75) is 32.6 Å². The molecule has 0 saturated heterocycles. The molecule has 0 saturated carbocycles. The van der Waals surface area contributed by atoms with Crippen molar-refractivity contribution in [2.75, 3.05) is 26.7 Å². The molecule has 0 fully saturated rings. The van der Waals surface area contributed by atoms with Gasteiger partial charge in [0.25, 0.3) is 0 Å². The highest BCUT2D eigenvalue weighted by Crippen LogP contribution is 2.19. The van der Waals surface area contributed by atoms with E-state index >= 15 is 0 Å². The number of thiazole rings is 1. The maximum absolute atomic E-state index is 5.67. The Kier molecular flexibility index (Phi) is 8.25. The summed E-state index contributed by atoms with van der Waals surface area (Å²) in [5.41, 5.74) is 1.15. The molecule has 0 bridgehead atoms. The molecule has 6 heteroatoms. The lowest BCUT2D eigenvalue weighted by Gasteiger charge is -2.11. The minimum absolute atomic E-state index is 0.499. The first-order chi connectivity index (χ1) is 12.2. The van der Waals surface area contributed by atoms with Gasteiger partial charge in [-0.05, 0) is 18.6 Å². The van der Waals surface area contributed by atoms with Crippen LogP contribution in [0.5, 0.6) is 5.75 Å². The molecule has 1 aromatic heterocycles. The molecule has 1 aromatic carbocycles. The summed E-state index contributed by atoms with van der Waals surface area (Å²) in [6.07, 6.45) is 1.82. The molecular formula is C19H28N4OS. The molecular weight excluding hydrogens is 332 g/mol. The molecule has 25 heavy (non-hydrogen) atoms. The van der Waals surface area contributed by atoms with Crippen LogP contribution in [-0.2, 0) is 6.42 Å². The van der Waals surface area contributed by atoms with Crippen LogP contribution in [0.2, 0.25) is 0 Å². The molecule has 0 aliphatic rings. The van der Waals surface area contributed by atoms with Crippen LogP contribution >= 0.6 is 11.3 Å². The third kappa shape index (κ3) is 7.13. The number of benzene rings is 1. The lowest BCUT2D eigenvalue weighted by atomic mass is 10.2. The van der Waals surface area contributed by atoms with Gasteiger partial charge >= 0.3 is 0 Å². The van der Waals surface area contributed by atoms with E-state index in [2.05, 4.69) is 39.8 Å². The number of guanidine groups is 1. The maximum atomic E-state index is 5.67. The molecule has 1 heterocycles. The van der Waals surface area contributed by atoms with Crippen LogP contribution in [0.25, 0.3) is 0 Å². The molecule has 2 rings (SSSR count). The molecule has 136 valence electrons. The SMILES string of the molecule is CN=C(NCCCOc1ccccc1)NCCc1csc(C(C)C)n1. The Morgan fingerprint density at radius 3 is 2.64 bits per heavy atom. The third-order valence-corrected chi connectivity index (χ3v) is 4.78. The molecule has 2 aromatic rings. The van der Waals surface area contributed by atoms with Crippen LogP contribution in [-0.4, -0.2) is 37.7 Å². The second kappa shape index (κ2) is 10.7. The standard InChI is InChI=1S/C19H28N4OS/c1-15(2)18-23-16(14-25-18)10-12-22-19(20-3)21-11-7-13-24-17-8-5-4-6-9-17/h4-6,8-9,14-15H,7,10-13H2,1-3H3,(H2,20,21,22). The van der Waals surface area contributed by atoms with Crippen molar-refractivity contribution < 1.29 is 4.74 Å². The van der Waals surface area contributed by atoms with Crippen LogP contribution in [0.1, 0.15) is 36.9 Å². The zero-order valence-corrected chi connectivity index (χ0v) is 16.1. The highest BCUT2D eigenvalue weighted by atomic mass is 32.1. The second-order valence-electron chi connectivity index (χ2n) is 6.02. The van der Waals surface area contributed by atoms with Crippen LogP contribution in [0.3, 0.4) is 0 Å². The summed E-state index contributed by atoms with van der Waals surface area (Å²) in [5.74, 6) is 2.23. The fourth-order valence-electron chi connectivity index (χ4n) is 2.22. The fraction of sp³-hybridized carbons (Fsp3) is 0.474. The summed E-state index contributed by atoms with van der Waals surface area (Å²) < 4.78 is 5.67. The van der Waals surface area contributed by atoms with E-state index in [0.717, 1.165) is 43.3 Å². The van der Waals surface area contributed by atoms with Crippen LogP contribution in [0.4, 0.5) is 0 Å². The Bertz CT molecular complexity index is 640. The molecule has 2 N–H and O–H groups in total. The molecule has 0 radical (unpaired) electrons. The van der Waals surface area contributed by atoms with Crippen molar-refractivity contribution >= 4 is 17.3 Å².